The summed E-state index contributed by atoms with van der Waals surface area (Å²) in [6.45, 7) is 2.84. The number of halogens is 1. The Labute approximate surface area is 162 Å². The average Bonchev–Trinajstić information content (AvgIpc) is 3.18. The first-order valence-corrected chi connectivity index (χ1v) is 10.3. The molecule has 4 rings (SSSR count). The van der Waals surface area contributed by atoms with E-state index >= 15 is 0 Å². The second-order valence-corrected chi connectivity index (χ2v) is 8.31. The zero-order valence-electron chi connectivity index (χ0n) is 15.1. The molecule has 1 atom stereocenters. The minimum Gasteiger partial charge on any atom is -0.325 e. The van der Waals surface area contributed by atoms with Gasteiger partial charge in [0.05, 0.1) is 12.0 Å². The van der Waals surface area contributed by atoms with Crippen LogP contribution in [0.3, 0.4) is 0 Å². The Balaban J connectivity index is 1.36. The lowest BCUT2D eigenvalue weighted by molar-refractivity contribution is 0.126. The van der Waals surface area contributed by atoms with Crippen LogP contribution in [0.25, 0.3) is 0 Å². The largest absolute Gasteiger partial charge is 0.325 e. The molecule has 1 unspecified atom stereocenters. The molecular weight excluding hydrogens is 361 g/mol. The lowest BCUT2D eigenvalue weighted by Crippen LogP contribution is -2.48. The summed E-state index contributed by atoms with van der Waals surface area (Å²) < 4.78 is 13.2. The van der Waals surface area contributed by atoms with Crippen LogP contribution in [0.5, 0.6) is 0 Å². The molecule has 27 heavy (non-hydrogen) atoms. The summed E-state index contributed by atoms with van der Waals surface area (Å²) in [5.74, 6) is -0.327. The number of carbonyl (C=O) groups excluding carboxylic acids is 1. The summed E-state index contributed by atoms with van der Waals surface area (Å²) in [4.78, 5) is 18.1. The summed E-state index contributed by atoms with van der Waals surface area (Å²) in [5, 5.41) is 11.7. The number of amides is 2. The second-order valence-electron chi connectivity index (χ2n) is 7.31. The Morgan fingerprint density at radius 3 is 2.59 bits per heavy atom. The standard InChI is InChI=1S/C21H22FN3OS/c22-18-3-1-15(2-4-18)19(13-23)16-5-9-24(10-6-16)21(26)25-11-7-20-17(14-25)8-12-27-20/h1-4,8,12,16,19H,5-7,9-11,14H2. The maximum Gasteiger partial charge on any atom is 0.320 e. The average molecular weight is 383 g/mol. The number of fused-ring (bicyclic) bond motifs is 1. The number of nitriles is 1. The van der Waals surface area contributed by atoms with Crippen LogP contribution in [0.15, 0.2) is 35.7 Å². The number of hydrogen-bond donors (Lipinski definition) is 0. The van der Waals surface area contributed by atoms with Crippen molar-refractivity contribution >= 4 is 17.4 Å². The molecule has 0 aliphatic carbocycles. The van der Waals surface area contributed by atoms with Crippen LogP contribution in [0.4, 0.5) is 9.18 Å². The molecule has 1 fully saturated rings. The number of carbonyl (C=O) groups is 1. The molecular formula is C21H22FN3OS. The molecule has 6 heteroatoms. The predicted octanol–water partition coefficient (Wildman–Crippen LogP) is 4.38. The lowest BCUT2D eigenvalue weighted by Gasteiger charge is -2.38. The van der Waals surface area contributed by atoms with Gasteiger partial charge >= 0.3 is 6.03 Å². The van der Waals surface area contributed by atoms with Crippen molar-refractivity contribution in [2.45, 2.75) is 31.7 Å². The predicted molar refractivity (Wildman–Crippen MR) is 103 cm³/mol. The molecule has 0 spiro atoms. The SMILES string of the molecule is N#CC(c1ccc(F)cc1)C1CCN(C(=O)N2CCc3sccc3C2)CC1. The summed E-state index contributed by atoms with van der Waals surface area (Å²) in [7, 11) is 0. The first-order chi connectivity index (χ1) is 13.2. The topological polar surface area (TPSA) is 47.3 Å². The van der Waals surface area contributed by atoms with Crippen LogP contribution < -0.4 is 0 Å². The molecule has 2 aromatic rings. The molecule has 140 valence electrons. The van der Waals surface area contributed by atoms with Crippen molar-refractivity contribution in [3.05, 3.63) is 57.5 Å². The highest BCUT2D eigenvalue weighted by atomic mass is 32.1. The summed E-state index contributed by atoms with van der Waals surface area (Å²) in [6.07, 6.45) is 2.55. The van der Waals surface area contributed by atoms with E-state index < -0.39 is 0 Å². The van der Waals surface area contributed by atoms with E-state index in [1.165, 1.54) is 22.6 Å². The molecule has 0 radical (unpaired) electrons. The van der Waals surface area contributed by atoms with Crippen molar-refractivity contribution in [1.29, 1.82) is 5.26 Å². The van der Waals surface area contributed by atoms with E-state index in [9.17, 15) is 14.4 Å². The maximum atomic E-state index is 13.2. The highest BCUT2D eigenvalue weighted by Crippen LogP contribution is 2.33. The molecule has 3 heterocycles. The minimum atomic E-state index is -0.286. The van der Waals surface area contributed by atoms with Gasteiger partial charge in [0.25, 0.3) is 0 Å². The molecule has 0 bridgehead atoms. The van der Waals surface area contributed by atoms with E-state index in [2.05, 4.69) is 17.5 Å². The Hall–Kier alpha value is -2.39. The zero-order valence-corrected chi connectivity index (χ0v) is 15.9. The normalized spacial score (nSPS) is 18.7. The van der Waals surface area contributed by atoms with Gasteiger partial charge in [0.15, 0.2) is 0 Å². The summed E-state index contributed by atoms with van der Waals surface area (Å²) >= 11 is 1.77. The summed E-state index contributed by atoms with van der Waals surface area (Å²) in [5.41, 5.74) is 2.14. The monoisotopic (exact) mass is 383 g/mol. The fraction of sp³-hybridized carbons (Fsp3) is 0.429. The first-order valence-electron chi connectivity index (χ1n) is 9.40. The van der Waals surface area contributed by atoms with Gasteiger partial charge in [-0.05, 0) is 59.9 Å². The van der Waals surface area contributed by atoms with Crippen molar-refractivity contribution in [3.63, 3.8) is 0 Å². The smallest absolute Gasteiger partial charge is 0.320 e. The van der Waals surface area contributed by atoms with E-state index in [0.717, 1.165) is 31.4 Å². The highest BCUT2D eigenvalue weighted by molar-refractivity contribution is 7.10. The van der Waals surface area contributed by atoms with Crippen LogP contribution in [0.1, 0.15) is 34.8 Å². The van der Waals surface area contributed by atoms with Crippen LogP contribution in [-0.2, 0) is 13.0 Å². The quantitative estimate of drug-likeness (QED) is 0.772. The first kappa shape index (κ1) is 18.0. The molecule has 1 saturated heterocycles. The summed E-state index contributed by atoms with van der Waals surface area (Å²) in [6, 6.07) is 10.8. The number of hydrogen-bond acceptors (Lipinski definition) is 3. The molecule has 0 N–H and O–H groups in total. The zero-order chi connectivity index (χ0) is 18.8. The van der Waals surface area contributed by atoms with Gasteiger partial charge in [-0.25, -0.2) is 9.18 Å². The van der Waals surface area contributed by atoms with Crippen molar-refractivity contribution < 1.29 is 9.18 Å². The lowest BCUT2D eigenvalue weighted by atomic mass is 9.81. The highest BCUT2D eigenvalue weighted by Gasteiger charge is 2.32. The van der Waals surface area contributed by atoms with Crippen LogP contribution in [-0.4, -0.2) is 35.5 Å². The fourth-order valence-corrected chi connectivity index (χ4v) is 5.05. The van der Waals surface area contributed by atoms with E-state index in [4.69, 9.17) is 0 Å². The van der Waals surface area contributed by atoms with E-state index in [1.54, 1.807) is 23.5 Å². The van der Waals surface area contributed by atoms with Crippen molar-refractivity contribution in [3.8, 4) is 6.07 Å². The number of thiophene rings is 1. The molecule has 0 saturated carbocycles. The third kappa shape index (κ3) is 3.70. The third-order valence-corrected chi connectivity index (χ3v) is 6.75. The van der Waals surface area contributed by atoms with Crippen molar-refractivity contribution in [2.24, 2.45) is 5.92 Å². The van der Waals surface area contributed by atoms with Gasteiger partial charge in [0, 0.05) is 31.1 Å². The molecule has 1 aromatic carbocycles. The number of piperidine rings is 1. The fourth-order valence-electron chi connectivity index (χ4n) is 4.16. The number of benzene rings is 1. The Morgan fingerprint density at radius 2 is 1.89 bits per heavy atom. The minimum absolute atomic E-state index is 0.112. The Kier molecular flexibility index (Phi) is 5.13. The van der Waals surface area contributed by atoms with Crippen LogP contribution in [0, 0.1) is 23.1 Å². The van der Waals surface area contributed by atoms with Gasteiger partial charge < -0.3 is 9.80 Å². The molecule has 4 nitrogen and oxygen atoms in total. The second kappa shape index (κ2) is 7.69. The Bertz CT molecular complexity index is 849. The Morgan fingerprint density at radius 1 is 1.15 bits per heavy atom. The van der Waals surface area contributed by atoms with E-state index in [1.807, 2.05) is 9.80 Å². The van der Waals surface area contributed by atoms with Gasteiger partial charge in [-0.15, -0.1) is 11.3 Å². The van der Waals surface area contributed by atoms with E-state index in [0.29, 0.717) is 19.6 Å². The molecule has 2 aliphatic heterocycles. The molecule has 1 aromatic heterocycles. The van der Waals surface area contributed by atoms with Crippen molar-refractivity contribution in [1.82, 2.24) is 9.80 Å². The van der Waals surface area contributed by atoms with Gasteiger partial charge in [-0.1, -0.05) is 12.1 Å². The molecule has 2 amide bonds. The van der Waals surface area contributed by atoms with Gasteiger partial charge in [0.2, 0.25) is 0 Å². The maximum absolute atomic E-state index is 13.2. The van der Waals surface area contributed by atoms with Gasteiger partial charge in [-0.2, -0.15) is 5.26 Å². The number of likely N-dealkylation sites (tertiary alicyclic amines) is 1. The van der Waals surface area contributed by atoms with E-state index in [-0.39, 0.29) is 23.7 Å². The van der Waals surface area contributed by atoms with Crippen molar-refractivity contribution in [2.75, 3.05) is 19.6 Å². The number of rotatable bonds is 2. The molecule has 2 aliphatic rings. The van der Waals surface area contributed by atoms with Gasteiger partial charge in [-0.3, -0.25) is 0 Å². The number of nitrogens with zero attached hydrogens (tertiary/aromatic N) is 3. The van der Waals surface area contributed by atoms with Gasteiger partial charge in [0.1, 0.15) is 5.82 Å². The van der Waals surface area contributed by atoms with Crippen LogP contribution in [0.2, 0.25) is 0 Å². The number of urea groups is 1. The third-order valence-electron chi connectivity index (χ3n) is 5.73. The van der Waals surface area contributed by atoms with Crippen LogP contribution >= 0.6 is 11.3 Å².